The fourth-order valence-corrected chi connectivity index (χ4v) is 2.34. The van der Waals surface area contributed by atoms with Crippen molar-refractivity contribution < 1.29 is 0 Å². The molecule has 0 N–H and O–H groups in total. The molecule has 0 amide bonds. The van der Waals surface area contributed by atoms with E-state index in [2.05, 4.69) is 32.6 Å². The Balaban J connectivity index is 3.64. The highest BCUT2D eigenvalue weighted by Crippen LogP contribution is 2.07. The Labute approximate surface area is 110 Å². The minimum absolute atomic E-state index is 0.812. The molecule has 0 heterocycles. The SMILES string of the molecule is CCCCCCN(CCCCCC)CC(C)C. The first-order chi connectivity index (χ1) is 8.20. The van der Waals surface area contributed by atoms with Crippen molar-refractivity contribution in [1.29, 1.82) is 0 Å². The number of nitrogens with zero attached hydrogens (tertiary/aromatic N) is 1. The van der Waals surface area contributed by atoms with Crippen LogP contribution in [0.3, 0.4) is 0 Å². The van der Waals surface area contributed by atoms with Gasteiger partial charge in [0, 0.05) is 6.54 Å². The van der Waals surface area contributed by atoms with Gasteiger partial charge in [-0.05, 0) is 31.8 Å². The quantitative estimate of drug-likeness (QED) is 0.429. The highest BCUT2D eigenvalue weighted by atomic mass is 15.1. The molecule has 1 heteroatoms. The minimum Gasteiger partial charge on any atom is -0.303 e. The van der Waals surface area contributed by atoms with Crippen LogP contribution in [0.2, 0.25) is 0 Å². The van der Waals surface area contributed by atoms with E-state index in [1.807, 2.05) is 0 Å². The van der Waals surface area contributed by atoms with E-state index in [-0.39, 0.29) is 0 Å². The Morgan fingerprint density at radius 3 is 1.53 bits per heavy atom. The molecule has 0 aliphatic carbocycles. The number of hydrogen-bond acceptors (Lipinski definition) is 1. The summed E-state index contributed by atoms with van der Waals surface area (Å²) in [6.07, 6.45) is 11.1. The van der Waals surface area contributed by atoms with Crippen molar-refractivity contribution in [3.05, 3.63) is 0 Å². The second-order valence-electron chi connectivity index (χ2n) is 5.82. The maximum absolute atomic E-state index is 2.69. The van der Waals surface area contributed by atoms with Crippen molar-refractivity contribution in [3.8, 4) is 0 Å². The van der Waals surface area contributed by atoms with Crippen LogP contribution in [0, 0.1) is 5.92 Å². The predicted molar refractivity (Wildman–Crippen MR) is 79.6 cm³/mol. The fourth-order valence-electron chi connectivity index (χ4n) is 2.34. The lowest BCUT2D eigenvalue weighted by molar-refractivity contribution is 0.234. The normalized spacial score (nSPS) is 11.6. The van der Waals surface area contributed by atoms with E-state index in [1.54, 1.807) is 0 Å². The van der Waals surface area contributed by atoms with Crippen LogP contribution < -0.4 is 0 Å². The van der Waals surface area contributed by atoms with Gasteiger partial charge in [-0.1, -0.05) is 66.2 Å². The number of unbranched alkanes of at least 4 members (excludes halogenated alkanes) is 6. The van der Waals surface area contributed by atoms with Gasteiger partial charge in [0.25, 0.3) is 0 Å². The summed E-state index contributed by atoms with van der Waals surface area (Å²) < 4.78 is 0. The maximum atomic E-state index is 2.69. The molecule has 0 aromatic heterocycles. The molecule has 0 rings (SSSR count). The van der Waals surface area contributed by atoms with Gasteiger partial charge in [-0.3, -0.25) is 0 Å². The van der Waals surface area contributed by atoms with Gasteiger partial charge in [-0.25, -0.2) is 0 Å². The second kappa shape index (κ2) is 12.4. The van der Waals surface area contributed by atoms with Gasteiger partial charge in [0.15, 0.2) is 0 Å². The molecule has 0 aromatic rings. The molecule has 0 atom stereocenters. The molecule has 0 aliphatic heterocycles. The van der Waals surface area contributed by atoms with Gasteiger partial charge in [-0.2, -0.15) is 0 Å². The van der Waals surface area contributed by atoms with Crippen molar-refractivity contribution in [2.75, 3.05) is 19.6 Å². The van der Waals surface area contributed by atoms with Crippen molar-refractivity contribution in [2.45, 2.75) is 79.1 Å². The Morgan fingerprint density at radius 1 is 0.706 bits per heavy atom. The van der Waals surface area contributed by atoms with E-state index < -0.39 is 0 Å². The first-order valence-corrected chi connectivity index (χ1v) is 7.93. The molecule has 17 heavy (non-hydrogen) atoms. The lowest BCUT2D eigenvalue weighted by Gasteiger charge is -2.24. The molecular formula is C16H35N. The van der Waals surface area contributed by atoms with E-state index in [0.29, 0.717) is 0 Å². The van der Waals surface area contributed by atoms with E-state index in [4.69, 9.17) is 0 Å². The summed E-state index contributed by atoms with van der Waals surface area (Å²) in [4.78, 5) is 2.69. The molecule has 0 saturated carbocycles. The van der Waals surface area contributed by atoms with Crippen LogP contribution in [0.1, 0.15) is 79.1 Å². The summed E-state index contributed by atoms with van der Waals surface area (Å²) in [5.41, 5.74) is 0. The monoisotopic (exact) mass is 241 g/mol. The van der Waals surface area contributed by atoms with E-state index in [9.17, 15) is 0 Å². The predicted octanol–water partition coefficient (Wildman–Crippen LogP) is 5.11. The van der Waals surface area contributed by atoms with Gasteiger partial charge in [-0.15, -0.1) is 0 Å². The zero-order valence-electron chi connectivity index (χ0n) is 12.8. The summed E-state index contributed by atoms with van der Waals surface area (Å²) in [5.74, 6) is 0.812. The van der Waals surface area contributed by atoms with Crippen LogP contribution in [-0.2, 0) is 0 Å². The average Bonchev–Trinajstić information content (AvgIpc) is 2.29. The zero-order chi connectivity index (χ0) is 12.9. The Bertz CT molecular complexity index is 130. The van der Waals surface area contributed by atoms with Crippen LogP contribution in [0.25, 0.3) is 0 Å². The molecule has 0 unspecified atom stereocenters. The van der Waals surface area contributed by atoms with Crippen molar-refractivity contribution >= 4 is 0 Å². The van der Waals surface area contributed by atoms with Crippen molar-refractivity contribution in [1.82, 2.24) is 4.90 Å². The Hall–Kier alpha value is -0.0400. The van der Waals surface area contributed by atoms with Gasteiger partial charge in [0.1, 0.15) is 0 Å². The molecule has 0 aromatic carbocycles. The largest absolute Gasteiger partial charge is 0.303 e. The van der Waals surface area contributed by atoms with Crippen LogP contribution in [0.5, 0.6) is 0 Å². The highest BCUT2D eigenvalue weighted by molar-refractivity contribution is 4.61. The molecule has 0 saturated heterocycles. The molecular weight excluding hydrogens is 206 g/mol. The fraction of sp³-hybridized carbons (Fsp3) is 1.00. The Morgan fingerprint density at radius 2 is 1.18 bits per heavy atom. The first-order valence-electron chi connectivity index (χ1n) is 7.93. The molecule has 0 bridgehead atoms. The maximum Gasteiger partial charge on any atom is 0.000438 e. The van der Waals surface area contributed by atoms with Gasteiger partial charge >= 0.3 is 0 Å². The average molecular weight is 241 g/mol. The van der Waals surface area contributed by atoms with E-state index >= 15 is 0 Å². The first kappa shape index (κ1) is 17.0. The lowest BCUT2D eigenvalue weighted by Crippen LogP contribution is -2.30. The third kappa shape index (κ3) is 12.2. The van der Waals surface area contributed by atoms with Crippen LogP contribution in [0.15, 0.2) is 0 Å². The zero-order valence-corrected chi connectivity index (χ0v) is 12.8. The number of hydrogen-bond donors (Lipinski definition) is 0. The summed E-state index contributed by atoms with van der Waals surface area (Å²) in [5, 5.41) is 0. The standard InChI is InChI=1S/C16H35N/c1-5-7-9-11-13-17(15-16(3)4)14-12-10-8-6-2/h16H,5-15H2,1-4H3. The summed E-state index contributed by atoms with van der Waals surface area (Å²) in [7, 11) is 0. The highest BCUT2D eigenvalue weighted by Gasteiger charge is 2.06. The summed E-state index contributed by atoms with van der Waals surface area (Å²) >= 11 is 0. The van der Waals surface area contributed by atoms with Gasteiger partial charge < -0.3 is 4.90 Å². The van der Waals surface area contributed by atoms with Gasteiger partial charge in [0.05, 0.1) is 0 Å². The molecule has 104 valence electrons. The molecule has 0 spiro atoms. The van der Waals surface area contributed by atoms with Crippen molar-refractivity contribution in [3.63, 3.8) is 0 Å². The second-order valence-corrected chi connectivity index (χ2v) is 5.82. The van der Waals surface area contributed by atoms with E-state index in [1.165, 1.54) is 71.0 Å². The Kier molecular flexibility index (Phi) is 12.4. The summed E-state index contributed by atoms with van der Waals surface area (Å²) in [6.45, 7) is 13.2. The third-order valence-electron chi connectivity index (χ3n) is 3.28. The van der Waals surface area contributed by atoms with E-state index in [0.717, 1.165) is 5.92 Å². The molecule has 0 fully saturated rings. The summed E-state index contributed by atoms with van der Waals surface area (Å²) in [6, 6.07) is 0. The lowest BCUT2D eigenvalue weighted by atomic mass is 10.1. The minimum atomic E-state index is 0.812. The van der Waals surface area contributed by atoms with Crippen LogP contribution in [-0.4, -0.2) is 24.5 Å². The molecule has 0 radical (unpaired) electrons. The molecule has 1 nitrogen and oxygen atoms in total. The van der Waals surface area contributed by atoms with Crippen LogP contribution >= 0.6 is 0 Å². The third-order valence-corrected chi connectivity index (χ3v) is 3.28. The van der Waals surface area contributed by atoms with Gasteiger partial charge in [0.2, 0.25) is 0 Å². The van der Waals surface area contributed by atoms with Crippen molar-refractivity contribution in [2.24, 2.45) is 5.92 Å². The smallest absolute Gasteiger partial charge is 0.000438 e. The molecule has 0 aliphatic rings. The topological polar surface area (TPSA) is 3.24 Å². The van der Waals surface area contributed by atoms with Crippen LogP contribution in [0.4, 0.5) is 0 Å². The number of rotatable bonds is 12.